The summed E-state index contributed by atoms with van der Waals surface area (Å²) in [5, 5.41) is 7.39. The Balaban J connectivity index is 1.62. The van der Waals surface area contributed by atoms with E-state index in [0.717, 1.165) is 5.56 Å². The molecule has 0 aliphatic carbocycles. The molecule has 1 aliphatic rings. The normalized spacial score (nSPS) is 18.5. The van der Waals surface area contributed by atoms with Gasteiger partial charge in [-0.1, -0.05) is 60.7 Å². The summed E-state index contributed by atoms with van der Waals surface area (Å²) in [4.78, 5) is 40.3. The second-order valence-electron chi connectivity index (χ2n) is 8.30. The minimum Gasteiger partial charge on any atom is -0.466 e. The van der Waals surface area contributed by atoms with E-state index in [1.54, 1.807) is 36.1 Å². The lowest BCUT2D eigenvalue weighted by atomic mass is 9.76. The Bertz CT molecular complexity index is 1240. The first kappa shape index (κ1) is 22.5. The van der Waals surface area contributed by atoms with Crippen molar-refractivity contribution in [1.82, 2.24) is 15.1 Å². The number of rotatable bonds is 6. The van der Waals surface area contributed by atoms with Crippen molar-refractivity contribution < 1.29 is 14.3 Å². The van der Waals surface area contributed by atoms with E-state index in [9.17, 15) is 14.4 Å². The molecule has 1 N–H and O–H groups in total. The number of fused-ring (bicyclic) bond motifs is 1. The maximum atomic E-state index is 13.5. The van der Waals surface area contributed by atoms with Crippen molar-refractivity contribution in [2.24, 2.45) is 5.41 Å². The molecule has 1 saturated heterocycles. The minimum absolute atomic E-state index is 0.185. The number of hydrogen-bond acceptors (Lipinski definition) is 5. The number of carbonyl (C=O) groups excluding carboxylic acids is 2. The number of amides is 1. The molecular formula is C26H27N3O4. The highest BCUT2D eigenvalue weighted by molar-refractivity contribution is 6.05. The summed E-state index contributed by atoms with van der Waals surface area (Å²) in [6.45, 7) is 2.81. The number of ether oxygens (including phenoxy) is 1. The Morgan fingerprint density at radius 3 is 2.61 bits per heavy atom. The van der Waals surface area contributed by atoms with E-state index in [2.05, 4.69) is 10.2 Å². The fourth-order valence-electron chi connectivity index (χ4n) is 4.42. The first-order valence-electron chi connectivity index (χ1n) is 11.2. The van der Waals surface area contributed by atoms with Gasteiger partial charge in [0.05, 0.1) is 17.4 Å². The number of hydrogen-bond donors (Lipinski definition) is 1. The van der Waals surface area contributed by atoms with Crippen molar-refractivity contribution >= 4 is 28.7 Å². The van der Waals surface area contributed by atoms with Gasteiger partial charge in [0.15, 0.2) is 5.69 Å². The van der Waals surface area contributed by atoms with E-state index in [0.29, 0.717) is 36.6 Å². The van der Waals surface area contributed by atoms with Gasteiger partial charge < -0.3 is 9.64 Å². The summed E-state index contributed by atoms with van der Waals surface area (Å²) in [6, 6.07) is 16.8. The van der Waals surface area contributed by atoms with Gasteiger partial charge in [0.1, 0.15) is 0 Å². The summed E-state index contributed by atoms with van der Waals surface area (Å²) in [7, 11) is 0. The minimum atomic E-state index is -0.826. The van der Waals surface area contributed by atoms with Gasteiger partial charge in [-0.25, -0.2) is 5.10 Å². The van der Waals surface area contributed by atoms with Crippen LogP contribution in [0.15, 0.2) is 65.5 Å². The SMILES string of the molecule is CCOC(=O)C1(C/C=C/c2ccccc2)CCCN(C(=O)c2n[nH]c(=O)c3ccccc23)C1. The Kier molecular flexibility index (Phi) is 6.68. The number of nitrogens with one attached hydrogen (secondary N) is 1. The third kappa shape index (κ3) is 4.72. The highest BCUT2D eigenvalue weighted by Gasteiger charge is 2.44. The van der Waals surface area contributed by atoms with Crippen LogP contribution in [-0.4, -0.2) is 46.7 Å². The largest absolute Gasteiger partial charge is 0.466 e. The molecule has 2 heterocycles. The van der Waals surface area contributed by atoms with Crippen molar-refractivity contribution in [1.29, 1.82) is 0 Å². The number of allylic oxidation sites excluding steroid dienone is 1. The molecule has 7 nitrogen and oxygen atoms in total. The molecule has 1 amide bonds. The molecule has 1 unspecified atom stereocenters. The van der Waals surface area contributed by atoms with Crippen molar-refractivity contribution in [3.05, 3.63) is 82.3 Å². The summed E-state index contributed by atoms with van der Waals surface area (Å²) < 4.78 is 5.43. The number of nitrogens with zero attached hydrogens (tertiary/aromatic N) is 2. The number of esters is 1. The second kappa shape index (κ2) is 9.81. The molecule has 0 bridgehead atoms. The van der Waals surface area contributed by atoms with Gasteiger partial charge in [0.25, 0.3) is 11.5 Å². The highest BCUT2D eigenvalue weighted by atomic mass is 16.5. The van der Waals surface area contributed by atoms with Crippen molar-refractivity contribution in [2.75, 3.05) is 19.7 Å². The Hall–Kier alpha value is -3.74. The predicted molar refractivity (Wildman–Crippen MR) is 127 cm³/mol. The van der Waals surface area contributed by atoms with Gasteiger partial charge in [0.2, 0.25) is 0 Å². The number of piperidine rings is 1. The van der Waals surface area contributed by atoms with Crippen LogP contribution in [0.25, 0.3) is 16.8 Å². The number of H-pyrrole nitrogens is 1. The molecule has 3 aromatic rings. The summed E-state index contributed by atoms with van der Waals surface area (Å²) >= 11 is 0. The molecule has 0 radical (unpaired) electrons. The third-order valence-corrected chi connectivity index (χ3v) is 6.09. The summed E-state index contributed by atoms with van der Waals surface area (Å²) in [5.41, 5.74) is 0.0641. The molecule has 170 valence electrons. The zero-order chi connectivity index (χ0) is 23.3. The van der Waals surface area contributed by atoms with Crippen molar-refractivity contribution in [3.63, 3.8) is 0 Å². The van der Waals surface area contributed by atoms with Gasteiger partial charge in [-0.15, -0.1) is 0 Å². The Labute approximate surface area is 192 Å². The Morgan fingerprint density at radius 1 is 1.12 bits per heavy atom. The lowest BCUT2D eigenvalue weighted by molar-refractivity contribution is -0.158. The molecule has 1 aliphatic heterocycles. The Morgan fingerprint density at radius 2 is 1.85 bits per heavy atom. The highest BCUT2D eigenvalue weighted by Crippen LogP contribution is 2.36. The van der Waals surface area contributed by atoms with Gasteiger partial charge in [-0.2, -0.15) is 5.10 Å². The number of benzene rings is 2. The average Bonchev–Trinajstić information content (AvgIpc) is 2.85. The van der Waals surface area contributed by atoms with Crippen LogP contribution < -0.4 is 5.56 Å². The number of likely N-dealkylation sites (tertiary alicyclic amines) is 1. The first-order chi connectivity index (χ1) is 16.0. The standard InChI is InChI=1S/C26H27N3O4/c1-2-33-25(32)26(15-8-12-19-10-4-3-5-11-19)16-9-17-29(18-26)24(31)22-20-13-6-7-14-21(20)23(30)28-27-22/h3-8,10-14H,2,9,15-18H2,1H3,(H,28,30)/b12-8+. The van der Waals surface area contributed by atoms with Crippen LogP contribution in [0.5, 0.6) is 0 Å². The van der Waals surface area contributed by atoms with E-state index >= 15 is 0 Å². The predicted octanol–water partition coefficient (Wildman–Crippen LogP) is 3.81. The second-order valence-corrected chi connectivity index (χ2v) is 8.30. The average molecular weight is 446 g/mol. The van der Waals surface area contributed by atoms with Gasteiger partial charge in [-0.05, 0) is 37.8 Å². The van der Waals surface area contributed by atoms with Gasteiger partial charge >= 0.3 is 5.97 Å². The molecule has 0 spiro atoms. The van der Waals surface area contributed by atoms with E-state index < -0.39 is 5.41 Å². The van der Waals surface area contributed by atoms with Crippen LogP contribution in [0, 0.1) is 5.41 Å². The van der Waals surface area contributed by atoms with E-state index in [-0.39, 0.29) is 36.3 Å². The molecular weight excluding hydrogens is 418 g/mol. The molecule has 1 fully saturated rings. The maximum absolute atomic E-state index is 13.5. The van der Waals surface area contributed by atoms with Crippen LogP contribution >= 0.6 is 0 Å². The van der Waals surface area contributed by atoms with E-state index in [4.69, 9.17) is 4.74 Å². The number of carbonyl (C=O) groups is 2. The van der Waals surface area contributed by atoms with Crippen LogP contribution in [0.4, 0.5) is 0 Å². The number of aromatic nitrogens is 2. The quantitative estimate of drug-likeness (QED) is 0.583. The van der Waals surface area contributed by atoms with Crippen LogP contribution in [-0.2, 0) is 9.53 Å². The fourth-order valence-corrected chi connectivity index (χ4v) is 4.42. The zero-order valence-corrected chi connectivity index (χ0v) is 18.6. The molecule has 33 heavy (non-hydrogen) atoms. The lowest BCUT2D eigenvalue weighted by Crippen LogP contribution is -2.50. The fraction of sp³-hybridized carbons (Fsp3) is 0.308. The third-order valence-electron chi connectivity index (χ3n) is 6.09. The monoisotopic (exact) mass is 445 g/mol. The number of aromatic amines is 1. The van der Waals surface area contributed by atoms with E-state index in [1.807, 2.05) is 42.5 Å². The molecule has 0 saturated carbocycles. The summed E-state index contributed by atoms with van der Waals surface area (Å²) in [5.74, 6) is -0.595. The molecule has 4 rings (SSSR count). The molecule has 7 heteroatoms. The maximum Gasteiger partial charge on any atom is 0.314 e. The smallest absolute Gasteiger partial charge is 0.314 e. The van der Waals surface area contributed by atoms with Crippen LogP contribution in [0.1, 0.15) is 42.2 Å². The topological polar surface area (TPSA) is 92.4 Å². The van der Waals surface area contributed by atoms with E-state index in [1.165, 1.54) is 0 Å². The first-order valence-corrected chi connectivity index (χ1v) is 11.2. The lowest BCUT2D eigenvalue weighted by Gasteiger charge is -2.40. The van der Waals surface area contributed by atoms with Crippen molar-refractivity contribution in [2.45, 2.75) is 26.2 Å². The van der Waals surface area contributed by atoms with Gasteiger partial charge in [-0.3, -0.25) is 14.4 Å². The van der Waals surface area contributed by atoms with Crippen molar-refractivity contribution in [3.8, 4) is 0 Å². The zero-order valence-electron chi connectivity index (χ0n) is 18.6. The molecule has 2 aromatic carbocycles. The summed E-state index contributed by atoms with van der Waals surface area (Å²) in [6.07, 6.45) is 5.73. The van der Waals surface area contributed by atoms with Crippen LogP contribution in [0.2, 0.25) is 0 Å². The molecule has 1 atom stereocenters. The van der Waals surface area contributed by atoms with Gasteiger partial charge in [0, 0.05) is 18.5 Å². The molecule has 1 aromatic heterocycles. The van der Waals surface area contributed by atoms with Crippen LogP contribution in [0.3, 0.4) is 0 Å².